The van der Waals surface area contributed by atoms with Crippen molar-refractivity contribution in [2.75, 3.05) is 22.8 Å². The molecule has 0 bridgehead atoms. The Morgan fingerprint density at radius 3 is 2.72 bits per heavy atom. The summed E-state index contributed by atoms with van der Waals surface area (Å²) in [5, 5.41) is 10.8. The number of nitrogen functional groups attached to an aromatic ring is 1. The monoisotopic (exact) mass is 270 g/mol. The molecule has 8 heteroatoms. The molecule has 0 heterocycles. The van der Waals surface area contributed by atoms with E-state index in [0.717, 1.165) is 0 Å². The lowest BCUT2D eigenvalue weighted by Crippen LogP contribution is -2.07. The van der Waals surface area contributed by atoms with Crippen molar-refractivity contribution in [1.82, 2.24) is 0 Å². The smallest absolute Gasteiger partial charge is 0.294 e. The van der Waals surface area contributed by atoms with E-state index in [0.29, 0.717) is 23.5 Å². The summed E-state index contributed by atoms with van der Waals surface area (Å²) in [6.45, 7) is 1.84. The quantitative estimate of drug-likeness (QED) is 0.178. The maximum absolute atomic E-state index is 11.4. The summed E-state index contributed by atoms with van der Waals surface area (Å²) >= 11 is 1.27. The number of nitro groups is 1. The number of nitrogens with two attached hydrogens (primary N) is 2. The molecule has 0 aliphatic carbocycles. The Morgan fingerprint density at radius 1 is 1.56 bits per heavy atom. The van der Waals surface area contributed by atoms with E-state index in [4.69, 9.17) is 11.5 Å². The number of nitro benzene ring substituents is 1. The van der Waals surface area contributed by atoms with Gasteiger partial charge in [0.25, 0.3) is 5.69 Å². The second kappa shape index (κ2) is 6.22. The topological polar surface area (TPSA) is 124 Å². The number of nitrogens with one attached hydrogen (secondary N) is 1. The number of carbonyl (C=O) groups is 1. The molecule has 0 radical (unpaired) electrons. The van der Waals surface area contributed by atoms with Gasteiger partial charge in [0, 0.05) is 23.9 Å². The van der Waals surface area contributed by atoms with Gasteiger partial charge in [0.2, 0.25) is 0 Å². The zero-order valence-electron chi connectivity index (χ0n) is 9.80. The molecule has 0 amide bonds. The molecule has 0 fully saturated rings. The van der Waals surface area contributed by atoms with Gasteiger partial charge >= 0.3 is 0 Å². The molecule has 1 rings (SSSR count). The van der Waals surface area contributed by atoms with Crippen molar-refractivity contribution in [3.63, 3.8) is 0 Å². The Hall–Kier alpha value is -1.80. The Kier molecular flexibility index (Phi) is 4.93. The van der Waals surface area contributed by atoms with Crippen LogP contribution in [0.3, 0.4) is 0 Å². The normalized spacial score (nSPS) is 10.1. The molecule has 0 spiro atoms. The summed E-state index contributed by atoms with van der Waals surface area (Å²) in [5.74, 6) is 0.405. The van der Waals surface area contributed by atoms with Crippen LogP contribution in [-0.2, 0) is 0 Å². The number of Topliss-reactive ketones (excluding diaryl/α,β-unsaturated/α-hetero) is 1. The SMILES string of the molecule is CC(=O)c1cc(N)c([N+](=O)[O-])cc1NSCCN. The number of anilines is 2. The molecule has 0 saturated heterocycles. The minimum Gasteiger partial charge on any atom is -0.393 e. The molecular formula is C10H14N4O3S. The van der Waals surface area contributed by atoms with Crippen LogP contribution in [0.25, 0.3) is 0 Å². The first kappa shape index (κ1) is 14.3. The van der Waals surface area contributed by atoms with Gasteiger partial charge in [-0.1, -0.05) is 11.9 Å². The van der Waals surface area contributed by atoms with Gasteiger partial charge in [-0.2, -0.15) is 0 Å². The van der Waals surface area contributed by atoms with E-state index in [1.165, 1.54) is 31.0 Å². The molecule has 0 atom stereocenters. The molecule has 7 nitrogen and oxygen atoms in total. The van der Waals surface area contributed by atoms with Crippen molar-refractivity contribution in [3.8, 4) is 0 Å². The van der Waals surface area contributed by atoms with Crippen LogP contribution < -0.4 is 16.2 Å². The van der Waals surface area contributed by atoms with Gasteiger partial charge in [-0.05, 0) is 13.0 Å². The van der Waals surface area contributed by atoms with E-state index in [9.17, 15) is 14.9 Å². The van der Waals surface area contributed by atoms with Crippen LogP contribution in [-0.4, -0.2) is 23.0 Å². The summed E-state index contributed by atoms with van der Waals surface area (Å²) in [5.41, 5.74) is 11.3. The molecule has 0 aromatic heterocycles. The molecule has 0 unspecified atom stereocenters. The standard InChI is InChI=1S/C10H14N4O3S/c1-6(15)7-4-8(12)10(14(16)17)5-9(7)13-18-3-2-11/h4-5,13H,2-3,11-12H2,1H3. The fourth-order valence-corrected chi connectivity index (χ4v) is 1.87. The van der Waals surface area contributed by atoms with Crippen molar-refractivity contribution in [2.24, 2.45) is 5.73 Å². The lowest BCUT2D eigenvalue weighted by Gasteiger charge is -2.10. The van der Waals surface area contributed by atoms with E-state index in [-0.39, 0.29) is 17.2 Å². The Balaban J connectivity index is 3.14. The highest BCUT2D eigenvalue weighted by atomic mass is 32.2. The lowest BCUT2D eigenvalue weighted by molar-refractivity contribution is -0.383. The third kappa shape index (κ3) is 3.34. The second-order valence-corrected chi connectivity index (χ2v) is 4.41. The van der Waals surface area contributed by atoms with E-state index in [1.54, 1.807) is 0 Å². The first-order chi connectivity index (χ1) is 8.47. The van der Waals surface area contributed by atoms with Crippen molar-refractivity contribution in [3.05, 3.63) is 27.8 Å². The predicted octanol–water partition coefficient (Wildman–Crippen LogP) is 1.40. The van der Waals surface area contributed by atoms with Crippen molar-refractivity contribution < 1.29 is 9.72 Å². The minimum atomic E-state index is -0.585. The molecule has 0 aliphatic rings. The molecule has 5 N–H and O–H groups in total. The van der Waals surface area contributed by atoms with Crippen LogP contribution in [0.4, 0.5) is 17.1 Å². The van der Waals surface area contributed by atoms with Gasteiger partial charge in [0.05, 0.1) is 10.6 Å². The van der Waals surface area contributed by atoms with E-state index < -0.39 is 4.92 Å². The van der Waals surface area contributed by atoms with Crippen molar-refractivity contribution >= 4 is 34.8 Å². The molecule has 0 aliphatic heterocycles. The van der Waals surface area contributed by atoms with Gasteiger partial charge in [0.1, 0.15) is 5.69 Å². The number of benzene rings is 1. The zero-order valence-corrected chi connectivity index (χ0v) is 10.6. The van der Waals surface area contributed by atoms with Gasteiger partial charge in [-0.3, -0.25) is 14.9 Å². The fraction of sp³-hybridized carbons (Fsp3) is 0.300. The zero-order chi connectivity index (χ0) is 13.7. The number of hydrogen-bond donors (Lipinski definition) is 3. The summed E-state index contributed by atoms with van der Waals surface area (Å²) in [7, 11) is 0. The fourth-order valence-electron chi connectivity index (χ4n) is 1.33. The number of hydrogen-bond acceptors (Lipinski definition) is 7. The number of nitrogens with zero attached hydrogens (tertiary/aromatic N) is 1. The third-order valence-electron chi connectivity index (χ3n) is 2.14. The van der Waals surface area contributed by atoms with Gasteiger partial charge in [-0.15, -0.1) is 0 Å². The first-order valence-electron chi connectivity index (χ1n) is 5.14. The number of ketones is 1. The summed E-state index contributed by atoms with van der Waals surface area (Å²) < 4.78 is 2.87. The van der Waals surface area contributed by atoms with Crippen LogP contribution in [0.1, 0.15) is 17.3 Å². The highest BCUT2D eigenvalue weighted by molar-refractivity contribution is 8.00. The minimum absolute atomic E-state index is 0.0282. The van der Waals surface area contributed by atoms with Crippen LogP contribution in [0.15, 0.2) is 12.1 Å². The number of rotatable bonds is 6. The lowest BCUT2D eigenvalue weighted by atomic mass is 10.1. The van der Waals surface area contributed by atoms with Crippen molar-refractivity contribution in [2.45, 2.75) is 6.92 Å². The van der Waals surface area contributed by atoms with E-state index in [2.05, 4.69) is 4.72 Å². The largest absolute Gasteiger partial charge is 0.393 e. The van der Waals surface area contributed by atoms with Crippen LogP contribution in [0.5, 0.6) is 0 Å². The maximum atomic E-state index is 11.4. The molecule has 98 valence electrons. The van der Waals surface area contributed by atoms with Gasteiger partial charge in [-0.25, -0.2) is 0 Å². The Bertz CT molecular complexity index is 478. The predicted molar refractivity (Wildman–Crippen MR) is 72.6 cm³/mol. The Labute approximate surface area is 108 Å². The highest BCUT2D eigenvalue weighted by Crippen LogP contribution is 2.30. The van der Waals surface area contributed by atoms with Gasteiger partial charge < -0.3 is 16.2 Å². The summed E-state index contributed by atoms with van der Waals surface area (Å²) in [6.07, 6.45) is 0. The Morgan fingerprint density at radius 2 is 2.22 bits per heavy atom. The number of carbonyl (C=O) groups excluding carboxylic acids is 1. The second-order valence-electron chi connectivity index (χ2n) is 3.51. The van der Waals surface area contributed by atoms with Crippen LogP contribution >= 0.6 is 11.9 Å². The molecule has 1 aromatic rings. The molecule has 1 aromatic carbocycles. The highest BCUT2D eigenvalue weighted by Gasteiger charge is 2.18. The van der Waals surface area contributed by atoms with Crippen LogP contribution in [0.2, 0.25) is 0 Å². The van der Waals surface area contributed by atoms with Gasteiger partial charge in [0.15, 0.2) is 5.78 Å². The van der Waals surface area contributed by atoms with Crippen molar-refractivity contribution in [1.29, 1.82) is 0 Å². The van der Waals surface area contributed by atoms with Crippen LogP contribution in [0, 0.1) is 10.1 Å². The first-order valence-corrected chi connectivity index (χ1v) is 6.12. The molecule has 18 heavy (non-hydrogen) atoms. The third-order valence-corrected chi connectivity index (χ3v) is 2.95. The average Bonchev–Trinajstić information content (AvgIpc) is 2.30. The van der Waals surface area contributed by atoms with E-state index in [1.807, 2.05) is 0 Å². The summed E-state index contributed by atoms with van der Waals surface area (Å²) in [4.78, 5) is 21.6. The average molecular weight is 270 g/mol. The maximum Gasteiger partial charge on any atom is 0.294 e. The summed E-state index contributed by atoms with van der Waals surface area (Å²) in [6, 6.07) is 2.57. The molecular weight excluding hydrogens is 256 g/mol. The molecule has 0 saturated carbocycles. The van der Waals surface area contributed by atoms with E-state index >= 15 is 0 Å².